The van der Waals surface area contributed by atoms with Gasteiger partial charge in [-0.15, -0.1) is 0 Å². The first-order valence-electron chi connectivity index (χ1n) is 10.3. The summed E-state index contributed by atoms with van der Waals surface area (Å²) >= 11 is 0. The summed E-state index contributed by atoms with van der Waals surface area (Å²) < 4.78 is 27.5. The van der Waals surface area contributed by atoms with Crippen LogP contribution < -0.4 is 9.80 Å². The summed E-state index contributed by atoms with van der Waals surface area (Å²) in [7, 11) is 0. The molecule has 0 N–H and O–H groups in total. The molecule has 0 unspecified atom stereocenters. The first-order valence-corrected chi connectivity index (χ1v) is 10.3. The smallest absolute Gasteiger partial charge is 0.282 e. The number of hydrogen-bond donors (Lipinski definition) is 0. The predicted octanol–water partition coefficient (Wildman–Crippen LogP) is 5.39. The molecule has 0 saturated carbocycles. The van der Waals surface area contributed by atoms with Crippen LogP contribution >= 0.6 is 0 Å². The highest BCUT2D eigenvalue weighted by Gasteiger charge is 2.43. The Hall–Kier alpha value is -3.80. The Balaban J connectivity index is 1.94. The molecule has 2 amide bonds. The average molecular weight is 432 g/mol. The number of carbonyl (C=O) groups is 2. The van der Waals surface area contributed by atoms with Gasteiger partial charge in [0, 0.05) is 18.3 Å². The van der Waals surface area contributed by atoms with E-state index in [9.17, 15) is 18.4 Å². The van der Waals surface area contributed by atoms with E-state index in [1.54, 1.807) is 4.90 Å². The maximum absolute atomic E-state index is 14.0. The van der Waals surface area contributed by atoms with Gasteiger partial charge in [0.05, 0.1) is 11.3 Å². The Morgan fingerprint density at radius 3 is 2.19 bits per heavy atom. The molecule has 0 aliphatic carbocycles. The van der Waals surface area contributed by atoms with Gasteiger partial charge in [-0.05, 0) is 56.2 Å². The minimum absolute atomic E-state index is 0.0136. The zero-order valence-electron chi connectivity index (χ0n) is 18.0. The molecule has 0 spiro atoms. The van der Waals surface area contributed by atoms with Gasteiger partial charge >= 0.3 is 0 Å². The fraction of sp³-hybridized carbons (Fsp3) is 0.154. The Bertz CT molecular complexity index is 1250. The van der Waals surface area contributed by atoms with Gasteiger partial charge in [0.15, 0.2) is 11.6 Å². The van der Waals surface area contributed by atoms with Gasteiger partial charge in [0.1, 0.15) is 5.70 Å². The number of halogens is 2. The molecule has 0 fully saturated rings. The molecule has 3 aromatic carbocycles. The molecule has 6 heteroatoms. The SMILES string of the molecule is CCN(C1=C(c2ccc(C)cc2C)C(=O)N(c2ccc(F)c(F)c2)C1=O)c1ccccc1. The van der Waals surface area contributed by atoms with Crippen molar-refractivity contribution in [2.75, 3.05) is 16.3 Å². The van der Waals surface area contributed by atoms with Crippen LogP contribution in [0.5, 0.6) is 0 Å². The quantitative estimate of drug-likeness (QED) is 0.508. The second-order valence-corrected chi connectivity index (χ2v) is 7.67. The maximum Gasteiger partial charge on any atom is 0.282 e. The van der Waals surface area contributed by atoms with Crippen molar-refractivity contribution in [1.82, 2.24) is 0 Å². The second-order valence-electron chi connectivity index (χ2n) is 7.67. The molecule has 0 bridgehead atoms. The van der Waals surface area contributed by atoms with Crippen molar-refractivity contribution in [1.29, 1.82) is 0 Å². The topological polar surface area (TPSA) is 40.6 Å². The lowest BCUT2D eigenvalue weighted by Gasteiger charge is -2.25. The van der Waals surface area contributed by atoms with Crippen LogP contribution in [-0.4, -0.2) is 18.4 Å². The third-order valence-electron chi connectivity index (χ3n) is 5.53. The van der Waals surface area contributed by atoms with Crippen LogP contribution in [0.3, 0.4) is 0 Å². The highest BCUT2D eigenvalue weighted by Crippen LogP contribution is 2.38. The second kappa shape index (κ2) is 8.38. The Labute approximate surface area is 185 Å². The largest absolute Gasteiger partial charge is 0.337 e. The van der Waals surface area contributed by atoms with E-state index in [2.05, 4.69) is 0 Å². The van der Waals surface area contributed by atoms with E-state index in [4.69, 9.17) is 0 Å². The summed E-state index contributed by atoms with van der Waals surface area (Å²) in [6, 6.07) is 17.9. The van der Waals surface area contributed by atoms with Crippen LogP contribution in [0.15, 0.2) is 72.4 Å². The van der Waals surface area contributed by atoms with Gasteiger partial charge in [0.2, 0.25) is 0 Å². The van der Waals surface area contributed by atoms with E-state index in [1.807, 2.05) is 69.3 Å². The fourth-order valence-electron chi connectivity index (χ4n) is 4.04. The third-order valence-corrected chi connectivity index (χ3v) is 5.53. The highest BCUT2D eigenvalue weighted by molar-refractivity contribution is 6.46. The van der Waals surface area contributed by atoms with Crippen LogP contribution in [0.4, 0.5) is 20.2 Å². The third kappa shape index (κ3) is 3.58. The van der Waals surface area contributed by atoms with Crippen LogP contribution in [0.1, 0.15) is 23.6 Å². The van der Waals surface area contributed by atoms with Crippen LogP contribution in [-0.2, 0) is 9.59 Å². The molecular formula is C26H22F2N2O2. The lowest BCUT2D eigenvalue weighted by molar-refractivity contribution is -0.120. The fourth-order valence-corrected chi connectivity index (χ4v) is 4.04. The summed E-state index contributed by atoms with van der Waals surface area (Å²) in [4.78, 5) is 29.9. The Kier molecular flexibility index (Phi) is 5.61. The number of likely N-dealkylation sites (N-methyl/N-ethyl adjacent to an activating group) is 1. The van der Waals surface area contributed by atoms with Crippen molar-refractivity contribution in [3.8, 4) is 0 Å². The molecule has 4 nitrogen and oxygen atoms in total. The van der Waals surface area contributed by atoms with Gasteiger partial charge in [-0.25, -0.2) is 13.7 Å². The van der Waals surface area contributed by atoms with Crippen molar-refractivity contribution >= 4 is 28.8 Å². The predicted molar refractivity (Wildman–Crippen MR) is 121 cm³/mol. The van der Waals surface area contributed by atoms with Crippen LogP contribution in [0.25, 0.3) is 5.57 Å². The number of hydrogen-bond acceptors (Lipinski definition) is 3. The molecule has 3 aromatic rings. The standard InChI is InChI=1S/C26H22F2N2O2/c1-4-29(18-8-6-5-7-9-18)24-23(20-12-10-16(2)14-17(20)3)25(31)30(26(24)32)19-11-13-21(27)22(28)15-19/h5-15H,4H2,1-3H3. The van der Waals surface area contributed by atoms with Crippen LogP contribution in [0.2, 0.25) is 0 Å². The maximum atomic E-state index is 14.0. The number of carbonyl (C=O) groups excluding carboxylic acids is 2. The van der Waals surface area contributed by atoms with Gasteiger partial charge in [-0.1, -0.05) is 42.0 Å². The molecule has 0 radical (unpaired) electrons. The van der Waals surface area contributed by atoms with Gasteiger partial charge < -0.3 is 4.90 Å². The molecule has 1 heterocycles. The zero-order valence-corrected chi connectivity index (χ0v) is 18.0. The molecule has 0 atom stereocenters. The van der Waals surface area contributed by atoms with E-state index >= 15 is 0 Å². The molecule has 32 heavy (non-hydrogen) atoms. The number of benzene rings is 3. The number of amides is 2. The van der Waals surface area contributed by atoms with Gasteiger partial charge in [0.25, 0.3) is 11.8 Å². The van der Waals surface area contributed by atoms with E-state index in [0.717, 1.165) is 33.8 Å². The molecule has 162 valence electrons. The van der Waals surface area contributed by atoms with Gasteiger partial charge in [-0.3, -0.25) is 9.59 Å². The lowest BCUT2D eigenvalue weighted by atomic mass is 9.97. The summed E-state index contributed by atoms with van der Waals surface area (Å²) in [5.41, 5.74) is 3.68. The molecule has 0 saturated heterocycles. The molecule has 1 aliphatic rings. The minimum Gasteiger partial charge on any atom is -0.337 e. The number of anilines is 2. The highest BCUT2D eigenvalue weighted by atomic mass is 19.2. The van der Waals surface area contributed by atoms with E-state index in [1.165, 1.54) is 6.07 Å². The summed E-state index contributed by atoms with van der Waals surface area (Å²) in [5.74, 6) is -3.32. The molecule has 1 aliphatic heterocycles. The van der Waals surface area contributed by atoms with Crippen molar-refractivity contribution < 1.29 is 18.4 Å². The number of imide groups is 1. The summed E-state index contributed by atoms with van der Waals surface area (Å²) in [6.07, 6.45) is 0. The average Bonchev–Trinajstić information content (AvgIpc) is 3.02. The van der Waals surface area contributed by atoms with Crippen molar-refractivity contribution in [2.24, 2.45) is 0 Å². The first kappa shape index (κ1) is 21.4. The molecule has 4 rings (SSSR count). The normalized spacial score (nSPS) is 13.8. The Morgan fingerprint density at radius 2 is 1.56 bits per heavy atom. The van der Waals surface area contributed by atoms with E-state index in [-0.39, 0.29) is 17.0 Å². The number of para-hydroxylation sites is 1. The summed E-state index contributed by atoms with van der Waals surface area (Å²) in [6.45, 7) is 6.14. The first-order chi connectivity index (χ1) is 15.3. The Morgan fingerprint density at radius 1 is 0.844 bits per heavy atom. The van der Waals surface area contributed by atoms with Crippen molar-refractivity contribution in [2.45, 2.75) is 20.8 Å². The molecule has 0 aromatic heterocycles. The van der Waals surface area contributed by atoms with Crippen molar-refractivity contribution in [3.05, 3.63) is 101 Å². The monoisotopic (exact) mass is 432 g/mol. The minimum atomic E-state index is -1.12. The van der Waals surface area contributed by atoms with Gasteiger partial charge in [-0.2, -0.15) is 0 Å². The van der Waals surface area contributed by atoms with Crippen LogP contribution in [0, 0.1) is 25.5 Å². The number of nitrogens with zero attached hydrogens (tertiary/aromatic N) is 2. The summed E-state index contributed by atoms with van der Waals surface area (Å²) in [5, 5.41) is 0. The number of rotatable bonds is 5. The molecular weight excluding hydrogens is 410 g/mol. The number of aryl methyl sites for hydroxylation is 2. The van der Waals surface area contributed by atoms with Crippen molar-refractivity contribution in [3.63, 3.8) is 0 Å². The van der Waals surface area contributed by atoms with E-state index < -0.39 is 23.4 Å². The van der Waals surface area contributed by atoms with E-state index in [0.29, 0.717) is 12.1 Å². The zero-order chi connectivity index (χ0) is 23.0. The lowest BCUT2D eigenvalue weighted by Crippen LogP contribution is -2.35.